The molecule has 0 aliphatic heterocycles. The van der Waals surface area contributed by atoms with Crippen LogP contribution in [0.5, 0.6) is 0 Å². The Morgan fingerprint density at radius 2 is 1.90 bits per heavy atom. The number of carbonyl (C=O) groups is 1. The molecule has 1 amide bonds. The van der Waals surface area contributed by atoms with Crippen LogP contribution in [0.1, 0.15) is 5.82 Å². The van der Waals surface area contributed by atoms with Crippen molar-refractivity contribution in [3.05, 3.63) is 64.2 Å². The minimum atomic E-state index is -4.77. The lowest BCUT2D eigenvalue weighted by Crippen LogP contribution is -2.16. The predicted octanol–water partition coefficient (Wildman–Crippen LogP) is 4.43. The Morgan fingerprint density at radius 1 is 1.17 bits per heavy atom. The molecular formula is C17H10F4N4O3S. The summed E-state index contributed by atoms with van der Waals surface area (Å²) in [5, 5.41) is 13.2. The molecule has 0 atom stereocenters. The number of halogens is 4. The van der Waals surface area contributed by atoms with Gasteiger partial charge >= 0.3 is 6.18 Å². The van der Waals surface area contributed by atoms with Crippen molar-refractivity contribution in [2.24, 2.45) is 0 Å². The van der Waals surface area contributed by atoms with Gasteiger partial charge in [0.15, 0.2) is 0 Å². The minimum Gasteiger partial charge on any atom is -0.323 e. The topological polar surface area (TPSA) is 98.0 Å². The molecule has 2 aromatic carbocycles. The smallest absolute Gasteiger partial charge is 0.323 e. The third-order valence-electron chi connectivity index (χ3n) is 3.60. The number of thioether (sulfide) groups is 1. The molecule has 0 saturated carbocycles. The van der Waals surface area contributed by atoms with Crippen molar-refractivity contribution in [1.82, 2.24) is 9.97 Å². The van der Waals surface area contributed by atoms with Gasteiger partial charge in [-0.25, -0.2) is 14.4 Å². The van der Waals surface area contributed by atoms with E-state index >= 15 is 0 Å². The molecule has 12 heteroatoms. The monoisotopic (exact) mass is 426 g/mol. The van der Waals surface area contributed by atoms with Crippen LogP contribution in [0.3, 0.4) is 0 Å². The number of non-ortho nitro benzene ring substituents is 1. The molecule has 1 N–H and O–H groups in total. The van der Waals surface area contributed by atoms with Gasteiger partial charge in [0.2, 0.25) is 11.7 Å². The van der Waals surface area contributed by atoms with E-state index in [2.05, 4.69) is 15.3 Å². The van der Waals surface area contributed by atoms with Gasteiger partial charge in [-0.3, -0.25) is 14.9 Å². The van der Waals surface area contributed by atoms with Crippen LogP contribution in [0.25, 0.3) is 10.9 Å². The average Bonchev–Trinajstić information content (AvgIpc) is 2.66. The van der Waals surface area contributed by atoms with Gasteiger partial charge in [-0.15, -0.1) is 0 Å². The highest BCUT2D eigenvalue weighted by Crippen LogP contribution is 2.32. The second-order valence-electron chi connectivity index (χ2n) is 5.63. The molecule has 3 aromatic rings. The van der Waals surface area contributed by atoms with Crippen molar-refractivity contribution in [2.75, 3.05) is 11.1 Å². The summed E-state index contributed by atoms with van der Waals surface area (Å²) in [6, 6.07) is 8.60. The molecule has 0 spiro atoms. The molecule has 1 heterocycles. The van der Waals surface area contributed by atoms with Gasteiger partial charge in [0.05, 0.1) is 21.9 Å². The highest BCUT2D eigenvalue weighted by atomic mass is 32.2. The first-order chi connectivity index (χ1) is 13.6. The van der Waals surface area contributed by atoms with E-state index in [-0.39, 0.29) is 10.5 Å². The molecule has 0 saturated heterocycles. The summed E-state index contributed by atoms with van der Waals surface area (Å²) in [5.74, 6) is -3.41. The summed E-state index contributed by atoms with van der Waals surface area (Å²) in [4.78, 5) is 29.1. The van der Waals surface area contributed by atoms with E-state index < -0.39 is 45.8 Å². The summed E-state index contributed by atoms with van der Waals surface area (Å²) < 4.78 is 52.8. The van der Waals surface area contributed by atoms with Crippen molar-refractivity contribution in [1.29, 1.82) is 0 Å². The normalized spacial score (nSPS) is 11.4. The van der Waals surface area contributed by atoms with Crippen LogP contribution in [0.2, 0.25) is 0 Å². The number of carbonyl (C=O) groups excluding carboxylic acids is 1. The third kappa shape index (κ3) is 4.77. The number of fused-ring (bicyclic) bond motifs is 1. The second kappa shape index (κ2) is 7.99. The Labute approximate surface area is 164 Å². The fourth-order valence-corrected chi connectivity index (χ4v) is 3.15. The number of nitrogens with one attached hydrogen (secondary N) is 1. The number of aromatic nitrogens is 2. The first-order valence-electron chi connectivity index (χ1n) is 7.85. The molecule has 3 rings (SSSR count). The van der Waals surface area contributed by atoms with Crippen LogP contribution < -0.4 is 5.32 Å². The van der Waals surface area contributed by atoms with Crippen LogP contribution in [0, 0.1) is 15.9 Å². The summed E-state index contributed by atoms with van der Waals surface area (Å²) >= 11 is 0.704. The maximum atomic E-state index is 13.8. The number of para-hydroxylation sites is 1. The van der Waals surface area contributed by atoms with Gasteiger partial charge in [-0.2, -0.15) is 13.2 Å². The molecule has 0 bridgehead atoms. The van der Waals surface area contributed by atoms with Crippen molar-refractivity contribution in [3.63, 3.8) is 0 Å². The predicted molar refractivity (Wildman–Crippen MR) is 96.9 cm³/mol. The third-order valence-corrected chi connectivity index (χ3v) is 4.59. The quantitative estimate of drug-likeness (QED) is 0.213. The summed E-state index contributed by atoms with van der Waals surface area (Å²) in [6.07, 6.45) is -4.77. The first kappa shape index (κ1) is 20.5. The largest absolute Gasteiger partial charge is 0.451 e. The number of benzene rings is 2. The van der Waals surface area contributed by atoms with Gasteiger partial charge in [-0.05, 0) is 12.1 Å². The highest BCUT2D eigenvalue weighted by Gasteiger charge is 2.35. The Bertz CT molecular complexity index is 1110. The number of amides is 1. The Hall–Kier alpha value is -3.28. The van der Waals surface area contributed by atoms with E-state index in [1.807, 2.05) is 0 Å². The molecule has 0 fully saturated rings. The van der Waals surface area contributed by atoms with E-state index in [1.54, 1.807) is 6.07 Å². The number of anilines is 1. The lowest BCUT2D eigenvalue weighted by molar-refractivity contribution is -0.384. The number of nitrogens with zero attached hydrogens (tertiary/aromatic N) is 3. The highest BCUT2D eigenvalue weighted by molar-refractivity contribution is 8.00. The maximum Gasteiger partial charge on any atom is 0.451 e. The van der Waals surface area contributed by atoms with Gasteiger partial charge in [-0.1, -0.05) is 30.0 Å². The molecule has 0 aliphatic carbocycles. The van der Waals surface area contributed by atoms with Gasteiger partial charge in [0.25, 0.3) is 5.69 Å². The van der Waals surface area contributed by atoms with Gasteiger partial charge in [0, 0.05) is 17.5 Å². The van der Waals surface area contributed by atoms with Crippen LogP contribution in [0.15, 0.2) is 47.5 Å². The zero-order valence-electron chi connectivity index (χ0n) is 14.2. The minimum absolute atomic E-state index is 0.0578. The maximum absolute atomic E-state index is 13.8. The van der Waals surface area contributed by atoms with Crippen molar-refractivity contribution < 1.29 is 27.3 Å². The Balaban J connectivity index is 1.81. The summed E-state index contributed by atoms with van der Waals surface area (Å²) in [5.41, 5.74) is -0.776. The SMILES string of the molecule is O=C(CSc1nc(C(F)(F)F)nc2ccccc12)Nc1cc([N+](=O)[O-])ccc1F. The number of hydrogen-bond acceptors (Lipinski definition) is 6. The number of hydrogen-bond donors (Lipinski definition) is 1. The van der Waals surface area contributed by atoms with E-state index in [0.29, 0.717) is 17.1 Å². The molecule has 0 aliphatic rings. The number of rotatable bonds is 5. The number of alkyl halides is 3. The fourth-order valence-electron chi connectivity index (χ4n) is 2.33. The van der Waals surface area contributed by atoms with Crippen LogP contribution in [-0.4, -0.2) is 26.6 Å². The molecule has 150 valence electrons. The molecule has 1 aromatic heterocycles. The number of nitro benzene ring substituents is 1. The zero-order chi connectivity index (χ0) is 21.2. The molecule has 29 heavy (non-hydrogen) atoms. The molecule has 7 nitrogen and oxygen atoms in total. The summed E-state index contributed by atoms with van der Waals surface area (Å²) in [7, 11) is 0. The van der Waals surface area contributed by atoms with E-state index in [0.717, 1.165) is 18.2 Å². The van der Waals surface area contributed by atoms with Crippen molar-refractivity contribution >= 4 is 39.9 Å². The number of nitro groups is 1. The van der Waals surface area contributed by atoms with E-state index in [4.69, 9.17) is 0 Å². The standard InChI is InChI=1S/C17H10F4N4O3S/c18-11-6-5-9(25(27)28)7-13(11)22-14(26)8-29-15-10-3-1-2-4-12(10)23-16(24-15)17(19,20)21/h1-7H,8H2,(H,22,26). The van der Waals surface area contributed by atoms with E-state index in [1.165, 1.54) is 18.2 Å². The fraction of sp³-hybridized carbons (Fsp3) is 0.118. The lowest BCUT2D eigenvalue weighted by atomic mass is 10.2. The molecule has 0 unspecified atom stereocenters. The van der Waals surface area contributed by atoms with Crippen molar-refractivity contribution in [3.8, 4) is 0 Å². The van der Waals surface area contributed by atoms with Gasteiger partial charge < -0.3 is 5.32 Å². The van der Waals surface area contributed by atoms with Crippen molar-refractivity contribution in [2.45, 2.75) is 11.2 Å². The van der Waals surface area contributed by atoms with Crippen LogP contribution in [0.4, 0.5) is 28.9 Å². The van der Waals surface area contributed by atoms with Crippen LogP contribution >= 0.6 is 11.8 Å². The molecule has 0 radical (unpaired) electrons. The molecular weight excluding hydrogens is 416 g/mol. The lowest BCUT2D eigenvalue weighted by Gasteiger charge is -2.10. The van der Waals surface area contributed by atoms with E-state index in [9.17, 15) is 32.5 Å². The van der Waals surface area contributed by atoms with Gasteiger partial charge in [0.1, 0.15) is 10.8 Å². The Kier molecular flexibility index (Phi) is 5.64. The zero-order valence-corrected chi connectivity index (χ0v) is 15.1. The second-order valence-corrected chi connectivity index (χ2v) is 6.59. The van der Waals surface area contributed by atoms with Crippen LogP contribution in [-0.2, 0) is 11.0 Å². The average molecular weight is 426 g/mol. The first-order valence-corrected chi connectivity index (χ1v) is 8.84. The summed E-state index contributed by atoms with van der Waals surface area (Å²) in [6.45, 7) is 0. The Morgan fingerprint density at radius 3 is 2.59 bits per heavy atom.